The predicted octanol–water partition coefficient (Wildman–Crippen LogP) is 3.39. The van der Waals surface area contributed by atoms with Crippen LogP contribution in [0.5, 0.6) is 0 Å². The molecule has 23 heavy (non-hydrogen) atoms. The molecule has 0 bridgehead atoms. The van der Waals surface area contributed by atoms with Crippen molar-refractivity contribution in [1.29, 1.82) is 0 Å². The summed E-state index contributed by atoms with van der Waals surface area (Å²) in [6, 6.07) is 5.88. The van der Waals surface area contributed by atoms with Gasteiger partial charge in [-0.2, -0.15) is 13.2 Å². The van der Waals surface area contributed by atoms with Crippen molar-refractivity contribution >= 4 is 29.0 Å². The van der Waals surface area contributed by atoms with Crippen LogP contribution in [-0.2, 0) is 9.59 Å². The monoisotopic (exact) mass is 346 g/mol. The van der Waals surface area contributed by atoms with Gasteiger partial charge in [-0.15, -0.1) is 0 Å². The third-order valence-electron chi connectivity index (χ3n) is 3.41. The molecule has 0 radical (unpaired) electrons. The Morgan fingerprint density at radius 3 is 2.52 bits per heavy atom. The quantitative estimate of drug-likeness (QED) is 0.850. The van der Waals surface area contributed by atoms with E-state index in [1.165, 1.54) is 4.90 Å². The highest BCUT2D eigenvalue weighted by Gasteiger charge is 2.37. The number of benzene rings is 1. The molecule has 1 aromatic rings. The Kier molecular flexibility index (Phi) is 5.30. The van der Waals surface area contributed by atoms with Gasteiger partial charge in [0.15, 0.2) is 0 Å². The lowest BCUT2D eigenvalue weighted by molar-refractivity contribution is -0.165. The Morgan fingerprint density at radius 1 is 1.26 bits per heavy atom. The number of alkyl halides is 3. The zero-order chi connectivity index (χ0) is 17.0. The van der Waals surface area contributed by atoms with Gasteiger partial charge in [0.1, 0.15) is 6.04 Å². The number of amides is 1. The van der Waals surface area contributed by atoms with Gasteiger partial charge in [0, 0.05) is 29.5 Å². The lowest BCUT2D eigenvalue weighted by atomic mass is 10.2. The third kappa shape index (κ3) is 4.72. The number of carbonyl (C=O) groups is 2. The highest BCUT2D eigenvalue weighted by atomic mass is 35.5. The van der Waals surface area contributed by atoms with Crippen LogP contribution in [0.3, 0.4) is 0 Å². The smallest absolute Gasteiger partial charge is 0.365 e. The second-order valence-corrected chi connectivity index (χ2v) is 5.51. The maximum atomic E-state index is 12.2. The molecule has 1 amide bonds. The summed E-state index contributed by atoms with van der Waals surface area (Å²) in [6.07, 6.45) is -2.26. The zero-order valence-electron chi connectivity index (χ0n) is 11.9. The van der Waals surface area contributed by atoms with Crippen LogP contribution in [0.4, 0.5) is 18.9 Å². The van der Waals surface area contributed by atoms with Gasteiger partial charge in [-0.3, -0.25) is 9.59 Å². The Morgan fingerprint density at radius 2 is 1.91 bits per heavy atom. The van der Waals surface area contributed by atoms with Crippen molar-refractivity contribution < 1.29 is 22.8 Å². The standard InChI is InChI=1S/C15H14ClF3N2O2/c16-10-3-5-11(6-4-10)20-14(23)12-2-1-8-21(12)9-7-13(22)15(17,18)19/h3-7,9,12H,1-2,8H2,(H,20,23)/b9-7+. The summed E-state index contributed by atoms with van der Waals surface area (Å²) < 4.78 is 36.6. The van der Waals surface area contributed by atoms with Crippen LogP contribution in [0.2, 0.25) is 5.02 Å². The van der Waals surface area contributed by atoms with E-state index in [1.807, 2.05) is 0 Å². The van der Waals surface area contributed by atoms with Crippen molar-refractivity contribution in [3.05, 3.63) is 41.6 Å². The van der Waals surface area contributed by atoms with E-state index in [9.17, 15) is 22.8 Å². The summed E-state index contributed by atoms with van der Waals surface area (Å²) >= 11 is 5.75. The lowest BCUT2D eigenvalue weighted by Crippen LogP contribution is -2.36. The molecule has 1 heterocycles. The van der Waals surface area contributed by atoms with Crippen molar-refractivity contribution in [3.8, 4) is 0 Å². The van der Waals surface area contributed by atoms with Crippen LogP contribution in [0.15, 0.2) is 36.5 Å². The third-order valence-corrected chi connectivity index (χ3v) is 3.66. The minimum atomic E-state index is -4.91. The summed E-state index contributed by atoms with van der Waals surface area (Å²) in [4.78, 5) is 24.5. The molecule has 2 rings (SSSR count). The average Bonchev–Trinajstić information content (AvgIpc) is 2.94. The van der Waals surface area contributed by atoms with Gasteiger partial charge < -0.3 is 10.2 Å². The van der Waals surface area contributed by atoms with Gasteiger partial charge in [0.2, 0.25) is 5.91 Å². The van der Waals surface area contributed by atoms with Crippen molar-refractivity contribution in [2.24, 2.45) is 0 Å². The van der Waals surface area contributed by atoms with E-state index < -0.39 is 18.0 Å². The van der Waals surface area contributed by atoms with E-state index in [4.69, 9.17) is 11.6 Å². The number of rotatable bonds is 4. The van der Waals surface area contributed by atoms with E-state index in [0.29, 0.717) is 36.2 Å². The molecule has 4 nitrogen and oxygen atoms in total. The highest BCUT2D eigenvalue weighted by molar-refractivity contribution is 6.30. The molecule has 1 fully saturated rings. The number of hydrogen-bond acceptors (Lipinski definition) is 3. The second-order valence-electron chi connectivity index (χ2n) is 5.07. The van der Waals surface area contributed by atoms with E-state index >= 15 is 0 Å². The van der Waals surface area contributed by atoms with E-state index in [2.05, 4.69) is 5.32 Å². The molecule has 1 saturated heterocycles. The number of nitrogens with zero attached hydrogens (tertiary/aromatic N) is 1. The molecule has 1 N–H and O–H groups in total. The molecule has 1 aliphatic heterocycles. The Labute approximate surface area is 135 Å². The lowest BCUT2D eigenvalue weighted by Gasteiger charge is -2.22. The number of halogens is 4. The molecule has 0 aliphatic carbocycles. The summed E-state index contributed by atoms with van der Waals surface area (Å²) in [5, 5.41) is 3.21. The normalized spacial score (nSPS) is 18.4. The number of likely N-dealkylation sites (tertiary alicyclic amines) is 1. The number of ketones is 1. The minimum absolute atomic E-state index is 0.339. The Balaban J connectivity index is 2.00. The largest absolute Gasteiger partial charge is 0.454 e. The van der Waals surface area contributed by atoms with Crippen LogP contribution in [0.1, 0.15) is 12.8 Å². The molecule has 0 aromatic heterocycles. The highest BCUT2D eigenvalue weighted by Crippen LogP contribution is 2.22. The van der Waals surface area contributed by atoms with E-state index in [0.717, 1.165) is 6.20 Å². The first-order chi connectivity index (χ1) is 10.8. The number of hydrogen-bond donors (Lipinski definition) is 1. The number of anilines is 1. The topological polar surface area (TPSA) is 49.4 Å². The maximum absolute atomic E-state index is 12.2. The second kappa shape index (κ2) is 7.04. The fraction of sp³-hybridized carbons (Fsp3) is 0.333. The first-order valence-corrected chi connectivity index (χ1v) is 7.27. The fourth-order valence-electron chi connectivity index (χ4n) is 2.27. The Hall–Kier alpha value is -2.02. The van der Waals surface area contributed by atoms with E-state index in [1.54, 1.807) is 24.3 Å². The van der Waals surface area contributed by atoms with Crippen molar-refractivity contribution in [3.63, 3.8) is 0 Å². The zero-order valence-corrected chi connectivity index (χ0v) is 12.7. The minimum Gasteiger partial charge on any atom is -0.365 e. The predicted molar refractivity (Wildman–Crippen MR) is 80.0 cm³/mol. The molecule has 0 saturated carbocycles. The van der Waals surface area contributed by atoms with Crippen LogP contribution in [-0.4, -0.2) is 35.4 Å². The van der Waals surface area contributed by atoms with Crippen molar-refractivity contribution in [2.45, 2.75) is 25.1 Å². The van der Waals surface area contributed by atoms with Crippen LogP contribution in [0, 0.1) is 0 Å². The fourth-order valence-corrected chi connectivity index (χ4v) is 2.39. The molecule has 1 unspecified atom stereocenters. The average molecular weight is 347 g/mol. The van der Waals surface area contributed by atoms with Gasteiger partial charge in [-0.05, 0) is 37.1 Å². The molecule has 124 valence electrons. The van der Waals surface area contributed by atoms with Gasteiger partial charge in [0.25, 0.3) is 5.78 Å². The first-order valence-electron chi connectivity index (χ1n) is 6.89. The molecule has 1 atom stereocenters. The molecular weight excluding hydrogens is 333 g/mol. The number of allylic oxidation sites excluding steroid dienone is 1. The Bertz CT molecular complexity index is 614. The van der Waals surface area contributed by atoms with Crippen molar-refractivity contribution in [2.75, 3.05) is 11.9 Å². The van der Waals surface area contributed by atoms with E-state index in [-0.39, 0.29) is 5.91 Å². The summed E-state index contributed by atoms with van der Waals surface area (Å²) in [5.74, 6) is -2.28. The number of nitrogens with one attached hydrogen (secondary N) is 1. The maximum Gasteiger partial charge on any atom is 0.454 e. The van der Waals surface area contributed by atoms with Gasteiger partial charge >= 0.3 is 6.18 Å². The molecule has 8 heteroatoms. The van der Waals surface area contributed by atoms with Gasteiger partial charge in [-0.1, -0.05) is 11.6 Å². The van der Waals surface area contributed by atoms with Crippen molar-refractivity contribution in [1.82, 2.24) is 4.90 Å². The number of carbonyl (C=O) groups excluding carboxylic acids is 2. The molecule has 1 aliphatic rings. The van der Waals surface area contributed by atoms with Crippen LogP contribution in [0.25, 0.3) is 0 Å². The summed E-state index contributed by atoms with van der Waals surface area (Å²) in [5.41, 5.74) is 0.543. The first kappa shape index (κ1) is 17.3. The summed E-state index contributed by atoms with van der Waals surface area (Å²) in [7, 11) is 0. The van der Waals surface area contributed by atoms with Gasteiger partial charge in [0.05, 0.1) is 0 Å². The van der Waals surface area contributed by atoms with Gasteiger partial charge in [-0.25, -0.2) is 0 Å². The van der Waals surface area contributed by atoms with Crippen LogP contribution < -0.4 is 5.32 Å². The molecule has 1 aromatic carbocycles. The SMILES string of the molecule is O=C(Nc1ccc(Cl)cc1)C1CCCN1/C=C/C(=O)C(F)(F)F. The van der Waals surface area contributed by atoms with Crippen LogP contribution >= 0.6 is 11.6 Å². The summed E-state index contributed by atoms with van der Waals surface area (Å²) in [6.45, 7) is 0.417. The molecule has 0 spiro atoms. The molecular formula is C15H14ClF3N2O2.